The fourth-order valence-electron chi connectivity index (χ4n) is 2.09. The zero-order chi connectivity index (χ0) is 17.5. The summed E-state index contributed by atoms with van der Waals surface area (Å²) in [5.41, 5.74) is 6.89. The van der Waals surface area contributed by atoms with E-state index in [9.17, 15) is 14.4 Å². The second-order valence-corrected chi connectivity index (χ2v) is 6.16. The lowest BCUT2D eigenvalue weighted by Crippen LogP contribution is -2.28. The van der Waals surface area contributed by atoms with E-state index in [-0.39, 0.29) is 24.0 Å². The number of hydrogen-bond donors (Lipinski definition) is 2. The summed E-state index contributed by atoms with van der Waals surface area (Å²) in [6, 6.07) is 14.2. The molecule has 124 valence electrons. The molecule has 0 aliphatic rings. The molecule has 0 radical (unpaired) electrons. The smallest absolute Gasteiger partial charge is 0.252 e. The Labute approximate surface area is 144 Å². The van der Waals surface area contributed by atoms with Gasteiger partial charge in [0.25, 0.3) is 5.91 Å². The summed E-state index contributed by atoms with van der Waals surface area (Å²) < 4.78 is 0. The van der Waals surface area contributed by atoms with E-state index >= 15 is 0 Å². The van der Waals surface area contributed by atoms with Crippen molar-refractivity contribution < 1.29 is 14.4 Å². The van der Waals surface area contributed by atoms with Crippen LogP contribution in [-0.4, -0.2) is 23.5 Å². The molecule has 6 heteroatoms. The van der Waals surface area contributed by atoms with Crippen molar-refractivity contribution in [1.29, 1.82) is 0 Å². The van der Waals surface area contributed by atoms with Gasteiger partial charge < -0.3 is 11.1 Å². The topological polar surface area (TPSA) is 89.3 Å². The van der Waals surface area contributed by atoms with Gasteiger partial charge in [-0.3, -0.25) is 14.4 Å². The van der Waals surface area contributed by atoms with E-state index in [0.29, 0.717) is 16.0 Å². The Balaban J connectivity index is 2.19. The Morgan fingerprint density at radius 2 is 1.75 bits per heavy atom. The Morgan fingerprint density at radius 1 is 1.04 bits per heavy atom. The van der Waals surface area contributed by atoms with E-state index < -0.39 is 5.91 Å². The number of primary amides is 1. The van der Waals surface area contributed by atoms with E-state index in [1.54, 1.807) is 36.4 Å². The monoisotopic (exact) mass is 342 g/mol. The number of carbonyl (C=O) groups excluding carboxylic acids is 3. The van der Waals surface area contributed by atoms with Crippen LogP contribution in [0.15, 0.2) is 53.4 Å². The lowest BCUT2D eigenvalue weighted by atomic mass is 10.1. The molecule has 2 aromatic rings. The summed E-state index contributed by atoms with van der Waals surface area (Å²) in [5, 5.41) is 2.52. The van der Waals surface area contributed by atoms with Gasteiger partial charge in [-0.25, -0.2) is 0 Å². The highest BCUT2D eigenvalue weighted by molar-refractivity contribution is 8.14. The molecule has 0 aliphatic heterocycles. The van der Waals surface area contributed by atoms with Gasteiger partial charge in [0.05, 0.1) is 5.56 Å². The predicted molar refractivity (Wildman–Crippen MR) is 94.0 cm³/mol. The van der Waals surface area contributed by atoms with Crippen molar-refractivity contribution in [2.75, 3.05) is 6.54 Å². The van der Waals surface area contributed by atoms with Crippen LogP contribution in [0.1, 0.15) is 32.7 Å². The maximum Gasteiger partial charge on any atom is 0.252 e. The molecule has 0 saturated heterocycles. The van der Waals surface area contributed by atoms with Gasteiger partial charge in [-0.2, -0.15) is 0 Å². The number of thioether (sulfide) groups is 1. The molecular weight excluding hydrogens is 324 g/mol. The second-order valence-electron chi connectivity index (χ2n) is 5.18. The second kappa shape index (κ2) is 8.31. The highest BCUT2D eigenvalue weighted by Gasteiger charge is 2.17. The van der Waals surface area contributed by atoms with Crippen molar-refractivity contribution in [3.8, 4) is 0 Å². The molecule has 0 unspecified atom stereocenters. The third-order valence-electron chi connectivity index (χ3n) is 3.32. The van der Waals surface area contributed by atoms with Crippen LogP contribution < -0.4 is 11.1 Å². The lowest BCUT2D eigenvalue weighted by molar-refractivity contribution is -0.117. The van der Waals surface area contributed by atoms with Crippen LogP contribution in [0.25, 0.3) is 0 Å². The number of amides is 2. The van der Waals surface area contributed by atoms with Crippen molar-refractivity contribution in [2.45, 2.75) is 18.2 Å². The van der Waals surface area contributed by atoms with Crippen molar-refractivity contribution in [3.63, 3.8) is 0 Å². The molecule has 0 heterocycles. The highest BCUT2D eigenvalue weighted by atomic mass is 32.2. The molecule has 2 amide bonds. The molecule has 0 fully saturated rings. The number of nitrogens with two attached hydrogens (primary N) is 1. The molecule has 0 spiro atoms. The van der Waals surface area contributed by atoms with Gasteiger partial charge in [0, 0.05) is 23.4 Å². The van der Waals surface area contributed by atoms with Crippen LogP contribution in [0.5, 0.6) is 0 Å². The van der Waals surface area contributed by atoms with Crippen LogP contribution in [0.2, 0.25) is 0 Å². The normalized spacial score (nSPS) is 10.2. The zero-order valence-electron chi connectivity index (χ0n) is 13.2. The largest absolute Gasteiger partial charge is 0.370 e. The predicted octanol–water partition coefficient (Wildman–Crippen LogP) is 2.53. The van der Waals surface area contributed by atoms with Crippen molar-refractivity contribution in [3.05, 3.63) is 65.2 Å². The number of nitrogens with one attached hydrogen (secondary N) is 1. The lowest BCUT2D eigenvalue weighted by Gasteiger charge is -2.11. The average Bonchev–Trinajstić information content (AvgIpc) is 2.57. The Kier molecular flexibility index (Phi) is 6.14. The number of aryl methyl sites for hydroxylation is 1. The SMILES string of the molecule is Cc1cccc(C(=O)NCCC(N)=O)c1SC(=O)c1ccccc1. The van der Waals surface area contributed by atoms with Crippen LogP contribution in [-0.2, 0) is 4.79 Å². The number of rotatable bonds is 6. The van der Waals surface area contributed by atoms with Crippen LogP contribution in [0.3, 0.4) is 0 Å². The first-order chi connectivity index (χ1) is 11.5. The molecule has 0 aromatic heterocycles. The van der Waals surface area contributed by atoms with Gasteiger partial charge in [-0.15, -0.1) is 0 Å². The third-order valence-corrected chi connectivity index (χ3v) is 4.48. The van der Waals surface area contributed by atoms with Gasteiger partial charge >= 0.3 is 0 Å². The van der Waals surface area contributed by atoms with Gasteiger partial charge in [-0.05, 0) is 30.3 Å². The number of carbonyl (C=O) groups is 3. The first kappa shape index (κ1) is 17.7. The van der Waals surface area contributed by atoms with Crippen molar-refractivity contribution in [1.82, 2.24) is 5.32 Å². The van der Waals surface area contributed by atoms with Gasteiger partial charge in [0.2, 0.25) is 11.0 Å². The maximum absolute atomic E-state index is 12.4. The summed E-state index contributed by atoms with van der Waals surface area (Å²) in [7, 11) is 0. The van der Waals surface area contributed by atoms with Crippen molar-refractivity contribution >= 4 is 28.7 Å². The maximum atomic E-state index is 12.4. The van der Waals surface area contributed by atoms with Crippen LogP contribution in [0.4, 0.5) is 0 Å². The standard InChI is InChI=1S/C18H18N2O3S/c1-12-6-5-9-14(17(22)20-11-10-15(19)21)16(12)24-18(23)13-7-3-2-4-8-13/h2-9H,10-11H2,1H3,(H2,19,21)(H,20,22). The molecule has 0 aliphatic carbocycles. The molecule has 24 heavy (non-hydrogen) atoms. The molecule has 0 atom stereocenters. The minimum atomic E-state index is -0.478. The summed E-state index contributed by atoms with van der Waals surface area (Å²) in [4.78, 5) is 36.1. The summed E-state index contributed by atoms with van der Waals surface area (Å²) in [6.07, 6.45) is 0.0724. The molecule has 0 bridgehead atoms. The molecular formula is C18H18N2O3S. The van der Waals surface area contributed by atoms with Gasteiger partial charge in [-0.1, -0.05) is 42.5 Å². The first-order valence-electron chi connectivity index (χ1n) is 7.42. The Bertz CT molecular complexity index is 760. The molecule has 0 saturated carbocycles. The fraction of sp³-hybridized carbons (Fsp3) is 0.167. The van der Waals surface area contributed by atoms with Gasteiger partial charge in [0.15, 0.2) is 0 Å². The fourth-order valence-corrected chi connectivity index (χ4v) is 3.03. The Morgan fingerprint density at radius 3 is 2.42 bits per heavy atom. The van der Waals surface area contributed by atoms with E-state index in [1.807, 2.05) is 19.1 Å². The number of benzene rings is 2. The number of hydrogen-bond acceptors (Lipinski definition) is 4. The van der Waals surface area contributed by atoms with Crippen LogP contribution in [0, 0.1) is 6.92 Å². The van der Waals surface area contributed by atoms with Crippen molar-refractivity contribution in [2.24, 2.45) is 5.73 Å². The summed E-state index contributed by atoms with van der Waals surface area (Å²) in [5.74, 6) is -0.809. The van der Waals surface area contributed by atoms with E-state index in [4.69, 9.17) is 5.73 Å². The molecule has 2 rings (SSSR count). The molecule has 5 nitrogen and oxygen atoms in total. The zero-order valence-corrected chi connectivity index (χ0v) is 14.1. The van der Waals surface area contributed by atoms with Crippen LogP contribution >= 0.6 is 11.8 Å². The summed E-state index contributed by atoms with van der Waals surface area (Å²) >= 11 is 1.03. The van der Waals surface area contributed by atoms with E-state index in [2.05, 4.69) is 5.32 Å². The Hall–Kier alpha value is -2.60. The molecule has 3 N–H and O–H groups in total. The quantitative estimate of drug-likeness (QED) is 0.790. The average molecular weight is 342 g/mol. The van der Waals surface area contributed by atoms with E-state index in [1.165, 1.54) is 0 Å². The summed E-state index contributed by atoms with van der Waals surface area (Å²) in [6.45, 7) is 2.01. The highest BCUT2D eigenvalue weighted by Crippen LogP contribution is 2.29. The van der Waals surface area contributed by atoms with E-state index in [0.717, 1.165) is 17.3 Å². The van der Waals surface area contributed by atoms with Gasteiger partial charge in [0.1, 0.15) is 0 Å². The third kappa shape index (κ3) is 4.70. The first-order valence-corrected chi connectivity index (χ1v) is 8.24. The minimum Gasteiger partial charge on any atom is -0.370 e. The minimum absolute atomic E-state index is 0.0724. The molecule has 2 aromatic carbocycles.